The molecule has 0 aromatic heterocycles. The molecule has 2 saturated carbocycles. The van der Waals surface area contributed by atoms with E-state index in [9.17, 15) is 19.2 Å². The van der Waals surface area contributed by atoms with Crippen LogP contribution in [-0.2, 0) is 19.1 Å². The van der Waals surface area contributed by atoms with Crippen molar-refractivity contribution in [3.8, 4) is 0 Å². The fraction of sp³-hybridized carbons (Fsp3) is 0.360. The van der Waals surface area contributed by atoms with Gasteiger partial charge in [-0.1, -0.05) is 41.9 Å². The number of esters is 1. The molecule has 1 heterocycles. The summed E-state index contributed by atoms with van der Waals surface area (Å²) in [6.07, 6.45) is 1.77. The summed E-state index contributed by atoms with van der Waals surface area (Å²) in [5, 5.41) is 0.499. The Morgan fingerprint density at radius 3 is 2.34 bits per heavy atom. The number of amides is 2. The van der Waals surface area contributed by atoms with E-state index in [0.29, 0.717) is 10.6 Å². The minimum absolute atomic E-state index is 0.122. The number of carbonyl (C=O) groups is 4. The number of halogens is 1. The molecule has 5 atom stereocenters. The summed E-state index contributed by atoms with van der Waals surface area (Å²) in [4.78, 5) is 51.6. The zero-order valence-corrected chi connectivity index (χ0v) is 18.0. The molecule has 3 aliphatic rings. The number of ether oxygens (including phenoxy) is 1. The predicted molar refractivity (Wildman–Crippen MR) is 116 cm³/mol. The molecule has 0 radical (unpaired) electrons. The van der Waals surface area contributed by atoms with Crippen LogP contribution in [0, 0.1) is 23.7 Å². The van der Waals surface area contributed by atoms with Crippen LogP contribution in [0.15, 0.2) is 54.6 Å². The molecule has 5 rings (SSSR count). The Kier molecular flexibility index (Phi) is 5.33. The van der Waals surface area contributed by atoms with Crippen LogP contribution in [0.5, 0.6) is 0 Å². The molecular formula is C25H22ClNO5. The summed E-state index contributed by atoms with van der Waals surface area (Å²) in [6.45, 7) is -0.904. The van der Waals surface area contributed by atoms with Crippen LogP contribution >= 0.6 is 11.6 Å². The number of rotatable bonds is 6. The number of fused-ring (bicyclic) bond motifs is 5. The highest BCUT2D eigenvalue weighted by Crippen LogP contribution is 2.61. The molecule has 3 fully saturated rings. The third-order valence-electron chi connectivity index (χ3n) is 7.15. The van der Waals surface area contributed by atoms with E-state index in [4.69, 9.17) is 16.3 Å². The Morgan fingerprint density at radius 1 is 0.938 bits per heavy atom. The smallest absolute Gasteiger partial charge is 0.326 e. The SMILES string of the molecule is O=C(CN1C(=O)[C@@H]2[C@@H]3C[C@@H]([C@@H]2C1=O)[C@@H](c1ccccc1)C3)OCC(=O)c1ccc(Cl)cc1. The van der Waals surface area contributed by atoms with Gasteiger partial charge in [0, 0.05) is 10.6 Å². The first-order valence-corrected chi connectivity index (χ1v) is 11.2. The second-order valence-electron chi connectivity index (χ2n) is 8.82. The van der Waals surface area contributed by atoms with E-state index >= 15 is 0 Å². The van der Waals surface area contributed by atoms with E-state index in [1.165, 1.54) is 5.56 Å². The Balaban J connectivity index is 1.22. The third-order valence-corrected chi connectivity index (χ3v) is 7.40. The fourth-order valence-corrected chi connectivity index (χ4v) is 5.93. The van der Waals surface area contributed by atoms with Gasteiger partial charge in [0.1, 0.15) is 6.54 Å². The van der Waals surface area contributed by atoms with Crippen LogP contribution in [-0.4, -0.2) is 41.6 Å². The average molecular weight is 452 g/mol. The molecule has 2 bridgehead atoms. The number of carbonyl (C=O) groups excluding carboxylic acids is 4. The van der Waals surface area contributed by atoms with Crippen molar-refractivity contribution in [3.63, 3.8) is 0 Å². The molecule has 1 saturated heterocycles. The molecule has 164 valence electrons. The number of Topliss-reactive ketones (excluding diaryl/α,β-unsaturated/α-hetero) is 1. The standard InChI is InChI=1S/C25H22ClNO5/c26-17-8-6-15(7-9-17)20(28)13-32-21(29)12-27-24(30)22-16-10-18(14-4-2-1-3-5-14)19(11-16)23(22)25(27)31/h1-9,16,18-19,22-23H,10-13H2/t16-,18+,19+,22+,23-/m0/s1. The van der Waals surface area contributed by atoms with Gasteiger partial charge in [0.2, 0.25) is 11.8 Å². The number of hydrogen-bond acceptors (Lipinski definition) is 5. The van der Waals surface area contributed by atoms with E-state index < -0.39 is 19.1 Å². The maximum absolute atomic E-state index is 13.1. The molecule has 0 spiro atoms. The number of nitrogens with zero attached hydrogens (tertiary/aromatic N) is 1. The van der Waals surface area contributed by atoms with Crippen molar-refractivity contribution in [2.75, 3.05) is 13.2 Å². The quantitative estimate of drug-likeness (QED) is 0.381. The summed E-state index contributed by atoms with van der Waals surface area (Å²) in [5.41, 5.74) is 1.57. The van der Waals surface area contributed by atoms with E-state index in [1.807, 2.05) is 18.2 Å². The van der Waals surface area contributed by atoms with Gasteiger partial charge >= 0.3 is 5.97 Å². The number of hydrogen-bond donors (Lipinski definition) is 0. The van der Waals surface area contributed by atoms with Gasteiger partial charge in [0.15, 0.2) is 12.4 Å². The lowest BCUT2D eigenvalue weighted by Crippen LogP contribution is -2.38. The highest BCUT2D eigenvalue weighted by atomic mass is 35.5. The first-order chi connectivity index (χ1) is 15.4. The molecule has 1 aliphatic heterocycles. The van der Waals surface area contributed by atoms with Gasteiger partial charge in [-0.25, -0.2) is 0 Å². The van der Waals surface area contributed by atoms with Crippen LogP contribution in [0.3, 0.4) is 0 Å². The zero-order valence-electron chi connectivity index (χ0n) is 17.3. The van der Waals surface area contributed by atoms with E-state index in [-0.39, 0.29) is 47.2 Å². The number of benzene rings is 2. The number of imide groups is 1. The highest BCUT2D eigenvalue weighted by Gasteiger charge is 2.64. The topological polar surface area (TPSA) is 80.8 Å². The summed E-state index contributed by atoms with van der Waals surface area (Å²) < 4.78 is 5.06. The molecule has 2 aromatic rings. The lowest BCUT2D eigenvalue weighted by molar-refractivity contribution is -0.152. The van der Waals surface area contributed by atoms with Gasteiger partial charge < -0.3 is 4.74 Å². The summed E-state index contributed by atoms with van der Waals surface area (Å²) >= 11 is 5.81. The molecule has 2 aromatic carbocycles. The van der Waals surface area contributed by atoms with Crippen LogP contribution < -0.4 is 0 Å². The summed E-state index contributed by atoms with van der Waals surface area (Å²) in [5.74, 6) is -1.85. The van der Waals surface area contributed by atoms with Crippen molar-refractivity contribution >= 4 is 35.2 Å². The summed E-state index contributed by atoms with van der Waals surface area (Å²) in [7, 11) is 0. The third kappa shape index (κ3) is 3.52. The lowest BCUT2D eigenvalue weighted by atomic mass is 9.73. The van der Waals surface area contributed by atoms with Crippen molar-refractivity contribution in [3.05, 3.63) is 70.7 Å². The predicted octanol–water partition coefficient (Wildman–Crippen LogP) is 3.49. The maximum atomic E-state index is 13.1. The van der Waals surface area contributed by atoms with Crippen LogP contribution in [0.1, 0.15) is 34.7 Å². The average Bonchev–Trinajstić information content (AvgIpc) is 3.46. The maximum Gasteiger partial charge on any atom is 0.326 e. The monoisotopic (exact) mass is 451 g/mol. The first-order valence-electron chi connectivity index (χ1n) is 10.8. The highest BCUT2D eigenvalue weighted by molar-refractivity contribution is 6.30. The van der Waals surface area contributed by atoms with E-state index in [1.54, 1.807) is 24.3 Å². The minimum Gasteiger partial charge on any atom is -0.456 e. The fourth-order valence-electron chi connectivity index (χ4n) is 5.80. The largest absolute Gasteiger partial charge is 0.456 e. The van der Waals surface area contributed by atoms with Gasteiger partial charge in [0.25, 0.3) is 0 Å². The van der Waals surface area contributed by atoms with Crippen molar-refractivity contribution in [1.82, 2.24) is 4.90 Å². The summed E-state index contributed by atoms with van der Waals surface area (Å²) in [6, 6.07) is 16.4. The van der Waals surface area contributed by atoms with Gasteiger partial charge in [-0.2, -0.15) is 0 Å². The molecule has 6 nitrogen and oxygen atoms in total. The minimum atomic E-state index is -0.763. The van der Waals surface area contributed by atoms with Gasteiger partial charge in [-0.15, -0.1) is 0 Å². The second kappa shape index (κ2) is 8.17. The van der Waals surface area contributed by atoms with Crippen LogP contribution in [0.4, 0.5) is 0 Å². The van der Waals surface area contributed by atoms with Crippen LogP contribution in [0.25, 0.3) is 0 Å². The Bertz CT molecular complexity index is 1080. The van der Waals surface area contributed by atoms with Crippen molar-refractivity contribution in [1.29, 1.82) is 0 Å². The number of likely N-dealkylation sites (tertiary alicyclic amines) is 1. The molecule has 0 N–H and O–H groups in total. The molecule has 7 heteroatoms. The van der Waals surface area contributed by atoms with E-state index in [0.717, 1.165) is 17.7 Å². The number of ketones is 1. The van der Waals surface area contributed by atoms with Crippen molar-refractivity contribution < 1.29 is 23.9 Å². The van der Waals surface area contributed by atoms with Crippen LogP contribution in [0.2, 0.25) is 5.02 Å². The van der Waals surface area contributed by atoms with Gasteiger partial charge in [-0.3, -0.25) is 24.1 Å². The normalized spacial score (nSPS) is 28.2. The lowest BCUT2D eigenvalue weighted by Gasteiger charge is -2.28. The zero-order chi connectivity index (χ0) is 22.4. The Hall–Kier alpha value is -2.99. The Morgan fingerprint density at radius 2 is 1.62 bits per heavy atom. The van der Waals surface area contributed by atoms with Crippen molar-refractivity contribution in [2.24, 2.45) is 23.7 Å². The first kappa shape index (κ1) is 20.9. The van der Waals surface area contributed by atoms with Gasteiger partial charge in [-0.05, 0) is 60.4 Å². The molecule has 32 heavy (non-hydrogen) atoms. The Labute approximate surface area is 190 Å². The molecule has 2 amide bonds. The van der Waals surface area contributed by atoms with E-state index in [2.05, 4.69) is 12.1 Å². The molecule has 0 unspecified atom stereocenters. The van der Waals surface area contributed by atoms with Gasteiger partial charge in [0.05, 0.1) is 11.8 Å². The molecular weight excluding hydrogens is 430 g/mol. The molecule has 2 aliphatic carbocycles. The second-order valence-corrected chi connectivity index (χ2v) is 9.25. The van der Waals surface area contributed by atoms with Crippen molar-refractivity contribution in [2.45, 2.75) is 18.8 Å².